The van der Waals surface area contributed by atoms with Gasteiger partial charge in [-0.3, -0.25) is 9.80 Å². The van der Waals surface area contributed by atoms with E-state index >= 15 is 0 Å². The van der Waals surface area contributed by atoms with Crippen LogP contribution in [0, 0.1) is 0 Å². The second-order valence-corrected chi connectivity index (χ2v) is 3.35. The molecule has 0 aliphatic carbocycles. The van der Waals surface area contributed by atoms with Gasteiger partial charge >= 0.3 is 0 Å². The number of nitrogens with zero attached hydrogens (tertiary/aromatic N) is 1. The highest BCUT2D eigenvalue weighted by Crippen LogP contribution is 2.11. The van der Waals surface area contributed by atoms with Gasteiger partial charge in [-0.15, -0.1) is 0 Å². The van der Waals surface area contributed by atoms with Crippen LogP contribution in [0.4, 0.5) is 0 Å². The fourth-order valence-electron chi connectivity index (χ4n) is 1.08. The van der Waals surface area contributed by atoms with Gasteiger partial charge in [0, 0.05) is 7.05 Å². The first kappa shape index (κ1) is 12.5. The number of hydrogen-bond donors (Lipinski definition) is 1. The summed E-state index contributed by atoms with van der Waals surface area (Å²) in [5, 5.41) is 1.01. The molecule has 16 heavy (non-hydrogen) atoms. The third-order valence-electron chi connectivity index (χ3n) is 2.05. The molecular formula is C11H16N2O3. The zero-order valence-corrected chi connectivity index (χ0v) is 9.47. The Labute approximate surface area is 94.7 Å². The van der Waals surface area contributed by atoms with Crippen LogP contribution in [0.3, 0.4) is 0 Å². The molecule has 2 N–H and O–H groups in total. The van der Waals surface area contributed by atoms with Crippen LogP contribution >= 0.6 is 0 Å². The quantitative estimate of drug-likeness (QED) is 0.450. The SMILES string of the molecule is COc1ccc(COCC(=O)N(C)N)cc1. The van der Waals surface area contributed by atoms with Crippen LogP contribution in [-0.2, 0) is 16.1 Å². The first-order valence-electron chi connectivity index (χ1n) is 4.85. The van der Waals surface area contributed by atoms with Gasteiger partial charge in [0.2, 0.25) is 0 Å². The van der Waals surface area contributed by atoms with Crippen LogP contribution < -0.4 is 10.6 Å². The van der Waals surface area contributed by atoms with E-state index in [0.717, 1.165) is 16.3 Å². The predicted molar refractivity (Wildman–Crippen MR) is 59.6 cm³/mol. The number of hydrogen-bond acceptors (Lipinski definition) is 4. The summed E-state index contributed by atoms with van der Waals surface area (Å²) in [4.78, 5) is 11.1. The summed E-state index contributed by atoms with van der Waals surface area (Å²) in [6.45, 7) is 0.364. The van der Waals surface area contributed by atoms with Gasteiger partial charge in [-0.1, -0.05) is 12.1 Å². The monoisotopic (exact) mass is 224 g/mol. The molecular weight excluding hydrogens is 208 g/mol. The van der Waals surface area contributed by atoms with Crippen molar-refractivity contribution in [1.29, 1.82) is 0 Å². The van der Waals surface area contributed by atoms with E-state index in [1.54, 1.807) is 7.11 Å². The summed E-state index contributed by atoms with van der Waals surface area (Å²) >= 11 is 0. The lowest BCUT2D eigenvalue weighted by Crippen LogP contribution is -2.35. The highest BCUT2D eigenvalue weighted by atomic mass is 16.5. The maximum absolute atomic E-state index is 11.1. The average Bonchev–Trinajstić information content (AvgIpc) is 2.29. The molecule has 5 heteroatoms. The van der Waals surface area contributed by atoms with E-state index in [4.69, 9.17) is 15.3 Å². The van der Waals surface area contributed by atoms with Gasteiger partial charge in [0.05, 0.1) is 13.7 Å². The van der Waals surface area contributed by atoms with E-state index in [2.05, 4.69) is 0 Å². The molecule has 0 radical (unpaired) electrons. The van der Waals surface area contributed by atoms with Gasteiger partial charge in [0.1, 0.15) is 12.4 Å². The second-order valence-electron chi connectivity index (χ2n) is 3.35. The van der Waals surface area contributed by atoms with Crippen molar-refractivity contribution >= 4 is 5.91 Å². The standard InChI is InChI=1S/C11H16N2O3/c1-13(12)11(14)8-16-7-9-3-5-10(15-2)6-4-9/h3-6H,7-8,12H2,1-2H3. The maximum atomic E-state index is 11.1. The summed E-state index contributed by atoms with van der Waals surface area (Å²) in [6.07, 6.45) is 0. The zero-order valence-electron chi connectivity index (χ0n) is 9.47. The lowest BCUT2D eigenvalue weighted by Gasteiger charge is -2.10. The fraction of sp³-hybridized carbons (Fsp3) is 0.364. The third kappa shape index (κ3) is 3.88. The van der Waals surface area contributed by atoms with Crippen LogP contribution in [0.2, 0.25) is 0 Å². The number of rotatable bonds is 5. The Morgan fingerprint density at radius 3 is 2.50 bits per heavy atom. The van der Waals surface area contributed by atoms with Gasteiger partial charge in [-0.05, 0) is 17.7 Å². The van der Waals surface area contributed by atoms with Crippen LogP contribution in [-0.4, -0.2) is 31.7 Å². The van der Waals surface area contributed by atoms with Crippen molar-refractivity contribution in [2.45, 2.75) is 6.61 Å². The Bertz CT molecular complexity index is 336. The largest absolute Gasteiger partial charge is 0.497 e. The van der Waals surface area contributed by atoms with E-state index in [0.29, 0.717) is 6.61 Å². The molecule has 0 aliphatic rings. The minimum atomic E-state index is -0.256. The highest BCUT2D eigenvalue weighted by molar-refractivity contribution is 5.76. The third-order valence-corrected chi connectivity index (χ3v) is 2.05. The smallest absolute Gasteiger partial charge is 0.262 e. The van der Waals surface area contributed by atoms with Gasteiger partial charge < -0.3 is 9.47 Å². The molecule has 1 aromatic rings. The van der Waals surface area contributed by atoms with Gasteiger partial charge in [-0.25, -0.2) is 5.84 Å². The summed E-state index contributed by atoms with van der Waals surface area (Å²) in [7, 11) is 3.10. The molecule has 0 heterocycles. The van der Waals surface area contributed by atoms with Crippen LogP contribution in [0.1, 0.15) is 5.56 Å². The second kappa shape index (κ2) is 6.09. The van der Waals surface area contributed by atoms with E-state index in [1.807, 2.05) is 24.3 Å². The number of ether oxygens (including phenoxy) is 2. The van der Waals surface area contributed by atoms with Gasteiger partial charge in [0.15, 0.2) is 0 Å². The number of carbonyl (C=O) groups is 1. The topological polar surface area (TPSA) is 64.8 Å². The Kier molecular flexibility index (Phi) is 4.75. The highest BCUT2D eigenvalue weighted by Gasteiger charge is 2.04. The molecule has 1 aromatic carbocycles. The number of likely N-dealkylation sites (N-methyl/N-ethyl adjacent to an activating group) is 1. The summed E-state index contributed by atoms with van der Waals surface area (Å²) in [5.74, 6) is 5.78. The van der Waals surface area contributed by atoms with Crippen molar-refractivity contribution in [3.05, 3.63) is 29.8 Å². The average molecular weight is 224 g/mol. The minimum absolute atomic E-state index is 0.0149. The van der Waals surface area contributed by atoms with E-state index < -0.39 is 0 Å². The molecule has 0 saturated heterocycles. The number of methoxy groups -OCH3 is 1. The molecule has 1 amide bonds. The van der Waals surface area contributed by atoms with Gasteiger partial charge in [-0.2, -0.15) is 0 Å². The maximum Gasteiger partial charge on any atom is 0.262 e. The van der Waals surface area contributed by atoms with Crippen molar-refractivity contribution in [2.24, 2.45) is 5.84 Å². The Morgan fingerprint density at radius 2 is 2.00 bits per heavy atom. The molecule has 0 spiro atoms. The molecule has 0 unspecified atom stereocenters. The molecule has 0 saturated carbocycles. The molecule has 0 aromatic heterocycles. The number of hydrazine groups is 1. The van der Waals surface area contributed by atoms with Gasteiger partial charge in [0.25, 0.3) is 5.91 Å². The molecule has 1 rings (SSSR count). The van der Waals surface area contributed by atoms with Crippen molar-refractivity contribution in [1.82, 2.24) is 5.01 Å². The molecule has 0 atom stereocenters. The summed E-state index contributed by atoms with van der Waals surface area (Å²) in [6, 6.07) is 7.45. The predicted octanol–water partition coefficient (Wildman–Crippen LogP) is 0.544. The minimum Gasteiger partial charge on any atom is -0.497 e. The molecule has 0 fully saturated rings. The normalized spacial score (nSPS) is 9.94. The van der Waals surface area contributed by atoms with E-state index in [1.165, 1.54) is 7.05 Å². The van der Waals surface area contributed by atoms with Crippen molar-refractivity contribution < 1.29 is 14.3 Å². The zero-order chi connectivity index (χ0) is 12.0. The Hall–Kier alpha value is -1.59. The van der Waals surface area contributed by atoms with E-state index in [-0.39, 0.29) is 12.5 Å². The molecule has 88 valence electrons. The van der Waals surface area contributed by atoms with Crippen LogP contribution in [0.5, 0.6) is 5.75 Å². The number of benzene rings is 1. The fourth-order valence-corrected chi connectivity index (χ4v) is 1.08. The Balaban J connectivity index is 2.34. The number of amides is 1. The lowest BCUT2D eigenvalue weighted by molar-refractivity contribution is -0.135. The number of nitrogens with two attached hydrogens (primary N) is 1. The van der Waals surface area contributed by atoms with Crippen LogP contribution in [0.15, 0.2) is 24.3 Å². The van der Waals surface area contributed by atoms with Crippen LogP contribution in [0.25, 0.3) is 0 Å². The molecule has 5 nitrogen and oxygen atoms in total. The van der Waals surface area contributed by atoms with Crippen molar-refractivity contribution in [2.75, 3.05) is 20.8 Å². The summed E-state index contributed by atoms with van der Waals surface area (Å²) < 4.78 is 10.2. The lowest BCUT2D eigenvalue weighted by atomic mass is 10.2. The van der Waals surface area contributed by atoms with Crippen molar-refractivity contribution in [3.63, 3.8) is 0 Å². The van der Waals surface area contributed by atoms with Crippen molar-refractivity contribution in [3.8, 4) is 5.75 Å². The first-order valence-corrected chi connectivity index (χ1v) is 4.85. The molecule has 0 aliphatic heterocycles. The Morgan fingerprint density at radius 1 is 1.38 bits per heavy atom. The number of carbonyl (C=O) groups excluding carboxylic acids is 1. The molecule has 0 bridgehead atoms. The van der Waals surface area contributed by atoms with E-state index in [9.17, 15) is 4.79 Å². The first-order chi connectivity index (χ1) is 7.63. The summed E-state index contributed by atoms with van der Waals surface area (Å²) in [5.41, 5.74) is 0.980.